The smallest absolute Gasteiger partial charge is 0.0135 e. The molecule has 0 amide bonds. The van der Waals surface area contributed by atoms with Gasteiger partial charge in [0.15, 0.2) is 0 Å². The van der Waals surface area contributed by atoms with Crippen molar-refractivity contribution in [3.05, 3.63) is 40.9 Å². The van der Waals surface area contributed by atoms with E-state index in [2.05, 4.69) is 43.9 Å². The summed E-state index contributed by atoms with van der Waals surface area (Å²) in [5.74, 6) is 2.38. The molecule has 0 unspecified atom stereocenters. The first-order valence-electron chi connectivity index (χ1n) is 7.22. The lowest BCUT2D eigenvalue weighted by Gasteiger charge is -2.12. The minimum atomic E-state index is 1.26. The van der Waals surface area contributed by atoms with Crippen molar-refractivity contribution in [2.75, 3.05) is 0 Å². The van der Waals surface area contributed by atoms with Crippen molar-refractivity contribution in [3.8, 4) is 0 Å². The van der Waals surface area contributed by atoms with Crippen molar-refractivity contribution in [3.63, 3.8) is 0 Å². The molecule has 0 fully saturated rings. The molecule has 0 nitrogen and oxygen atoms in total. The lowest BCUT2D eigenvalue weighted by atomic mass is 10.00. The molecule has 18 heavy (non-hydrogen) atoms. The van der Waals surface area contributed by atoms with Gasteiger partial charge in [0.25, 0.3) is 0 Å². The average molecular weight is 258 g/mol. The molecular weight excluding hydrogens is 235 g/mol. The Labute approximate surface area is 113 Å². The summed E-state index contributed by atoms with van der Waals surface area (Å²) in [6.45, 7) is 4.56. The second-order valence-electron chi connectivity index (χ2n) is 4.98. The molecule has 1 aromatic heterocycles. The van der Waals surface area contributed by atoms with Gasteiger partial charge in [-0.15, -0.1) is 0 Å². The number of aryl methyl sites for hydroxylation is 2. The van der Waals surface area contributed by atoms with Crippen LogP contribution >= 0.6 is 8.19 Å². The number of unbranched alkanes of at least 4 members (excludes halogenated alkanes) is 2. The topological polar surface area (TPSA) is 0 Å². The van der Waals surface area contributed by atoms with Gasteiger partial charge in [0.05, 0.1) is 0 Å². The van der Waals surface area contributed by atoms with Crippen LogP contribution < -0.4 is 0 Å². The molecule has 1 heterocycles. The van der Waals surface area contributed by atoms with Crippen LogP contribution in [-0.2, 0) is 12.8 Å². The number of fused-ring (bicyclic) bond motifs is 1. The van der Waals surface area contributed by atoms with E-state index in [4.69, 9.17) is 0 Å². The molecule has 96 valence electrons. The number of benzene rings is 1. The average Bonchev–Trinajstić information content (AvgIpc) is 2.43. The predicted octanol–water partition coefficient (Wildman–Crippen LogP) is 6.11. The molecule has 1 aromatic carbocycles. The summed E-state index contributed by atoms with van der Waals surface area (Å²) in [7, 11) is 1.44. The van der Waals surface area contributed by atoms with Gasteiger partial charge in [-0.2, -0.15) is 0 Å². The van der Waals surface area contributed by atoms with E-state index >= 15 is 0 Å². The van der Waals surface area contributed by atoms with E-state index in [9.17, 15) is 0 Å². The lowest BCUT2D eigenvalue weighted by molar-refractivity contribution is 0.770. The van der Waals surface area contributed by atoms with E-state index in [1.54, 1.807) is 10.9 Å². The van der Waals surface area contributed by atoms with Crippen LogP contribution in [0.4, 0.5) is 0 Å². The molecule has 0 aliphatic carbocycles. The van der Waals surface area contributed by atoms with Crippen LogP contribution in [0, 0.1) is 0 Å². The summed E-state index contributed by atoms with van der Waals surface area (Å²) >= 11 is 0. The van der Waals surface area contributed by atoms with Gasteiger partial charge in [-0.1, -0.05) is 59.1 Å². The van der Waals surface area contributed by atoms with Gasteiger partial charge >= 0.3 is 0 Å². The summed E-state index contributed by atoms with van der Waals surface area (Å²) in [6, 6.07) is 8.89. The van der Waals surface area contributed by atoms with Gasteiger partial charge in [-0.25, -0.2) is 0 Å². The van der Waals surface area contributed by atoms with E-state index in [0.29, 0.717) is 0 Å². The van der Waals surface area contributed by atoms with Gasteiger partial charge in [0.1, 0.15) is 0 Å². The molecule has 0 bridgehead atoms. The maximum absolute atomic E-state index is 2.38. The monoisotopic (exact) mass is 258 g/mol. The zero-order chi connectivity index (χ0) is 12.8. The van der Waals surface area contributed by atoms with Crippen molar-refractivity contribution < 1.29 is 0 Å². The molecule has 0 saturated carbocycles. The number of hydrogen-bond donors (Lipinski definition) is 0. The summed E-state index contributed by atoms with van der Waals surface area (Å²) < 4.78 is 0. The molecular formula is C17H23P. The maximum Gasteiger partial charge on any atom is -0.0135 e. The van der Waals surface area contributed by atoms with E-state index in [-0.39, 0.29) is 0 Å². The molecule has 0 radical (unpaired) electrons. The van der Waals surface area contributed by atoms with Crippen molar-refractivity contribution >= 4 is 19.0 Å². The first kappa shape index (κ1) is 13.6. The Morgan fingerprint density at radius 1 is 0.944 bits per heavy atom. The molecule has 0 aliphatic rings. The minimum absolute atomic E-state index is 1.26. The number of rotatable bonds is 6. The SMILES string of the molecule is CCCCc1pcc2ccccc2c1CCCC. The summed E-state index contributed by atoms with van der Waals surface area (Å²) in [4.78, 5) is 0. The minimum Gasteiger partial charge on any atom is -0.0720 e. The van der Waals surface area contributed by atoms with Crippen LogP contribution in [0.2, 0.25) is 0 Å². The van der Waals surface area contributed by atoms with Crippen molar-refractivity contribution in [2.24, 2.45) is 0 Å². The molecule has 0 saturated heterocycles. The molecule has 0 spiro atoms. The van der Waals surface area contributed by atoms with Crippen LogP contribution in [0.1, 0.15) is 50.4 Å². The molecule has 1 heteroatoms. The Kier molecular flexibility index (Phi) is 5.20. The second kappa shape index (κ2) is 6.90. The van der Waals surface area contributed by atoms with Crippen LogP contribution in [0.5, 0.6) is 0 Å². The highest BCUT2D eigenvalue weighted by Crippen LogP contribution is 2.31. The first-order chi connectivity index (χ1) is 8.86. The van der Waals surface area contributed by atoms with Gasteiger partial charge in [-0.05, 0) is 53.1 Å². The number of hydrogen-bond acceptors (Lipinski definition) is 0. The van der Waals surface area contributed by atoms with Crippen molar-refractivity contribution in [1.29, 1.82) is 0 Å². The van der Waals surface area contributed by atoms with Gasteiger partial charge in [-0.3, -0.25) is 0 Å². The maximum atomic E-state index is 2.38. The fraction of sp³-hybridized carbons (Fsp3) is 0.471. The van der Waals surface area contributed by atoms with Crippen molar-refractivity contribution in [2.45, 2.75) is 52.4 Å². The normalized spacial score (nSPS) is 11.4. The molecule has 0 aliphatic heterocycles. The van der Waals surface area contributed by atoms with Gasteiger partial charge < -0.3 is 0 Å². The molecule has 2 aromatic rings. The highest BCUT2D eigenvalue weighted by Gasteiger charge is 2.07. The molecule has 2 rings (SSSR count). The Balaban J connectivity index is 2.41. The third-order valence-corrected chi connectivity index (χ3v) is 4.75. The fourth-order valence-corrected chi connectivity index (χ4v) is 3.65. The quantitative estimate of drug-likeness (QED) is 0.586. The fourth-order valence-electron chi connectivity index (χ4n) is 2.46. The first-order valence-corrected chi connectivity index (χ1v) is 8.18. The van der Waals surface area contributed by atoms with Gasteiger partial charge in [0.2, 0.25) is 0 Å². The highest BCUT2D eigenvalue weighted by atomic mass is 31.0. The van der Waals surface area contributed by atoms with Crippen LogP contribution in [0.25, 0.3) is 10.8 Å². The molecule has 0 N–H and O–H groups in total. The predicted molar refractivity (Wildman–Crippen MR) is 83.7 cm³/mol. The third kappa shape index (κ3) is 3.12. The lowest BCUT2D eigenvalue weighted by Crippen LogP contribution is -1.94. The zero-order valence-corrected chi connectivity index (χ0v) is 12.5. The van der Waals surface area contributed by atoms with Crippen LogP contribution in [0.3, 0.4) is 0 Å². The zero-order valence-electron chi connectivity index (χ0n) is 11.6. The van der Waals surface area contributed by atoms with E-state index < -0.39 is 0 Å². The summed E-state index contributed by atoms with van der Waals surface area (Å²) in [5.41, 5.74) is 1.64. The molecule has 0 atom stereocenters. The third-order valence-electron chi connectivity index (χ3n) is 3.54. The van der Waals surface area contributed by atoms with Crippen LogP contribution in [-0.4, -0.2) is 0 Å². The Bertz CT molecular complexity index is 502. The van der Waals surface area contributed by atoms with E-state index in [0.717, 1.165) is 0 Å². The van der Waals surface area contributed by atoms with E-state index in [1.807, 2.05) is 0 Å². The Morgan fingerprint density at radius 3 is 2.44 bits per heavy atom. The van der Waals surface area contributed by atoms with Crippen molar-refractivity contribution in [1.82, 2.24) is 0 Å². The Hall–Kier alpha value is -0.870. The summed E-state index contributed by atoms with van der Waals surface area (Å²) in [6.07, 6.45) is 7.76. The van der Waals surface area contributed by atoms with Gasteiger partial charge in [0, 0.05) is 0 Å². The Morgan fingerprint density at radius 2 is 1.67 bits per heavy atom. The highest BCUT2D eigenvalue weighted by molar-refractivity contribution is 7.30. The summed E-state index contributed by atoms with van der Waals surface area (Å²) in [5, 5.41) is 4.60. The standard InChI is InChI=1S/C17H23P/c1-3-5-10-16-15-11-8-7-9-14(15)13-18-17(16)12-6-4-2/h7-9,11,13H,3-6,10,12H2,1-2H3. The van der Waals surface area contributed by atoms with E-state index in [1.165, 1.54) is 57.5 Å². The van der Waals surface area contributed by atoms with Crippen LogP contribution in [0.15, 0.2) is 30.1 Å². The largest absolute Gasteiger partial charge is 0.0720 e. The second-order valence-corrected chi connectivity index (χ2v) is 6.03.